The first kappa shape index (κ1) is 10.5. The van der Waals surface area contributed by atoms with Gasteiger partial charge in [-0.05, 0) is 46.1 Å². The highest BCUT2D eigenvalue weighted by Crippen LogP contribution is 2.34. The minimum Gasteiger partial charge on any atom is -0.460 e. The van der Waals surface area contributed by atoms with Crippen LogP contribution in [0.1, 0.15) is 33.6 Å². The molecule has 2 N–H and O–H groups in total. The van der Waals surface area contributed by atoms with E-state index in [1.54, 1.807) is 0 Å². The fraction of sp³-hybridized carbons (Fsp3) is 0.900. The third-order valence-electron chi connectivity index (χ3n) is 2.31. The van der Waals surface area contributed by atoms with E-state index in [2.05, 4.69) is 0 Å². The van der Waals surface area contributed by atoms with Crippen molar-refractivity contribution in [2.75, 3.05) is 6.54 Å². The molecule has 0 bridgehead atoms. The molecule has 1 rings (SSSR count). The van der Waals surface area contributed by atoms with Gasteiger partial charge in [0.1, 0.15) is 5.60 Å². The highest BCUT2D eigenvalue weighted by Gasteiger charge is 2.36. The maximum absolute atomic E-state index is 11.4. The van der Waals surface area contributed by atoms with E-state index in [-0.39, 0.29) is 17.5 Å². The predicted octanol–water partition coefficient (Wildman–Crippen LogP) is 1.31. The molecular weight excluding hydrogens is 166 g/mol. The number of hydrogen-bond donors (Lipinski definition) is 1. The summed E-state index contributed by atoms with van der Waals surface area (Å²) in [7, 11) is 0. The van der Waals surface area contributed by atoms with Crippen molar-refractivity contribution < 1.29 is 9.53 Å². The average molecular weight is 185 g/mol. The third-order valence-corrected chi connectivity index (χ3v) is 2.31. The zero-order chi connectivity index (χ0) is 10.1. The number of hydrogen-bond acceptors (Lipinski definition) is 3. The van der Waals surface area contributed by atoms with E-state index in [0.29, 0.717) is 12.5 Å². The molecular formula is C10H19NO2. The second kappa shape index (κ2) is 3.66. The van der Waals surface area contributed by atoms with Gasteiger partial charge >= 0.3 is 5.97 Å². The topological polar surface area (TPSA) is 52.3 Å². The van der Waals surface area contributed by atoms with Crippen molar-refractivity contribution in [1.29, 1.82) is 0 Å². The maximum Gasteiger partial charge on any atom is 0.309 e. The summed E-state index contributed by atoms with van der Waals surface area (Å²) in [5, 5.41) is 0. The van der Waals surface area contributed by atoms with Gasteiger partial charge in [-0.15, -0.1) is 0 Å². The SMILES string of the molecule is CC(C)(C)OC(=O)C1CC(CN)C1. The lowest BCUT2D eigenvalue weighted by Crippen LogP contribution is -2.38. The Hall–Kier alpha value is -0.570. The molecule has 0 amide bonds. The van der Waals surface area contributed by atoms with Gasteiger partial charge in [-0.25, -0.2) is 0 Å². The number of esters is 1. The summed E-state index contributed by atoms with van der Waals surface area (Å²) in [5.74, 6) is 0.586. The van der Waals surface area contributed by atoms with E-state index in [9.17, 15) is 4.79 Å². The van der Waals surface area contributed by atoms with E-state index in [0.717, 1.165) is 12.8 Å². The van der Waals surface area contributed by atoms with E-state index >= 15 is 0 Å². The molecule has 0 radical (unpaired) electrons. The highest BCUT2D eigenvalue weighted by molar-refractivity contribution is 5.73. The van der Waals surface area contributed by atoms with Gasteiger partial charge < -0.3 is 10.5 Å². The van der Waals surface area contributed by atoms with Gasteiger partial charge in [0.25, 0.3) is 0 Å². The summed E-state index contributed by atoms with van der Waals surface area (Å²) < 4.78 is 5.25. The van der Waals surface area contributed by atoms with Crippen LogP contribution in [0.25, 0.3) is 0 Å². The lowest BCUT2D eigenvalue weighted by Gasteiger charge is -2.34. The quantitative estimate of drug-likeness (QED) is 0.660. The largest absolute Gasteiger partial charge is 0.460 e. The zero-order valence-electron chi connectivity index (χ0n) is 8.67. The number of carbonyl (C=O) groups is 1. The molecule has 13 heavy (non-hydrogen) atoms. The third kappa shape index (κ3) is 2.99. The van der Waals surface area contributed by atoms with Crippen molar-refractivity contribution in [3.63, 3.8) is 0 Å². The summed E-state index contributed by atoms with van der Waals surface area (Å²) in [5.41, 5.74) is 5.12. The molecule has 1 aliphatic carbocycles. The first-order chi connectivity index (χ1) is 5.92. The van der Waals surface area contributed by atoms with E-state index in [4.69, 9.17) is 10.5 Å². The Bertz CT molecular complexity index is 190. The highest BCUT2D eigenvalue weighted by atomic mass is 16.6. The number of nitrogens with two attached hydrogens (primary N) is 1. The monoisotopic (exact) mass is 185 g/mol. The summed E-state index contributed by atoms with van der Waals surface area (Å²) >= 11 is 0. The zero-order valence-corrected chi connectivity index (χ0v) is 8.67. The van der Waals surface area contributed by atoms with Crippen LogP contribution in [0.15, 0.2) is 0 Å². The molecule has 1 aliphatic rings. The molecule has 1 saturated carbocycles. The van der Waals surface area contributed by atoms with Crippen LogP contribution in [0, 0.1) is 11.8 Å². The molecule has 1 fully saturated rings. The minimum atomic E-state index is -0.356. The van der Waals surface area contributed by atoms with Crippen molar-refractivity contribution in [1.82, 2.24) is 0 Å². The fourth-order valence-electron chi connectivity index (χ4n) is 1.51. The van der Waals surface area contributed by atoms with Crippen LogP contribution < -0.4 is 5.73 Å². The second-order valence-electron chi connectivity index (χ2n) is 4.80. The lowest BCUT2D eigenvalue weighted by molar-refractivity contribution is -0.164. The Kier molecular flexibility index (Phi) is 2.96. The standard InChI is InChI=1S/C10H19NO2/c1-10(2,3)13-9(12)8-4-7(5-8)6-11/h7-8H,4-6,11H2,1-3H3. The van der Waals surface area contributed by atoms with Crippen LogP contribution >= 0.6 is 0 Å². The van der Waals surface area contributed by atoms with E-state index < -0.39 is 0 Å². The second-order valence-corrected chi connectivity index (χ2v) is 4.80. The van der Waals surface area contributed by atoms with Crippen LogP contribution in [-0.4, -0.2) is 18.1 Å². The molecule has 0 aromatic carbocycles. The summed E-state index contributed by atoms with van der Waals surface area (Å²) in [6, 6.07) is 0. The molecule has 0 spiro atoms. The number of ether oxygens (including phenoxy) is 1. The van der Waals surface area contributed by atoms with Gasteiger partial charge in [0, 0.05) is 0 Å². The molecule has 0 aromatic heterocycles. The van der Waals surface area contributed by atoms with Gasteiger partial charge in [0.2, 0.25) is 0 Å². The number of rotatable bonds is 2. The molecule has 0 unspecified atom stereocenters. The van der Waals surface area contributed by atoms with Gasteiger partial charge in [0.15, 0.2) is 0 Å². The van der Waals surface area contributed by atoms with Crippen LogP contribution in [-0.2, 0) is 9.53 Å². The molecule has 0 aliphatic heterocycles. The normalized spacial score (nSPS) is 28.0. The fourth-order valence-corrected chi connectivity index (χ4v) is 1.51. The van der Waals surface area contributed by atoms with Crippen LogP contribution in [0.3, 0.4) is 0 Å². The average Bonchev–Trinajstić information content (AvgIpc) is 1.79. The van der Waals surface area contributed by atoms with Crippen molar-refractivity contribution in [2.45, 2.75) is 39.2 Å². The lowest BCUT2D eigenvalue weighted by atomic mass is 9.75. The van der Waals surface area contributed by atoms with Crippen LogP contribution in [0.5, 0.6) is 0 Å². The number of carbonyl (C=O) groups excluding carboxylic acids is 1. The Labute approximate surface area is 79.6 Å². The summed E-state index contributed by atoms with van der Waals surface area (Å²) in [6.45, 7) is 6.37. The molecule has 0 heterocycles. The molecule has 0 aromatic rings. The van der Waals surface area contributed by atoms with Crippen LogP contribution in [0.4, 0.5) is 0 Å². The van der Waals surface area contributed by atoms with Crippen molar-refractivity contribution in [2.24, 2.45) is 17.6 Å². The minimum absolute atomic E-state index is 0.0581. The first-order valence-corrected chi connectivity index (χ1v) is 4.85. The molecule has 3 heteroatoms. The summed E-state index contributed by atoms with van der Waals surface area (Å²) in [4.78, 5) is 11.4. The Morgan fingerprint density at radius 2 is 2.00 bits per heavy atom. The molecule has 76 valence electrons. The summed E-state index contributed by atoms with van der Waals surface area (Å²) in [6.07, 6.45) is 1.82. The Morgan fingerprint density at radius 3 is 2.38 bits per heavy atom. The van der Waals surface area contributed by atoms with Gasteiger partial charge in [-0.3, -0.25) is 4.79 Å². The smallest absolute Gasteiger partial charge is 0.309 e. The molecule has 3 nitrogen and oxygen atoms in total. The Morgan fingerprint density at radius 1 is 1.46 bits per heavy atom. The van der Waals surface area contributed by atoms with Gasteiger partial charge in [0.05, 0.1) is 5.92 Å². The molecule has 0 atom stereocenters. The maximum atomic E-state index is 11.4. The van der Waals surface area contributed by atoms with Gasteiger partial charge in [-0.1, -0.05) is 0 Å². The van der Waals surface area contributed by atoms with Crippen LogP contribution in [0.2, 0.25) is 0 Å². The Balaban J connectivity index is 2.27. The van der Waals surface area contributed by atoms with Crippen molar-refractivity contribution >= 4 is 5.97 Å². The van der Waals surface area contributed by atoms with Crippen molar-refractivity contribution in [3.8, 4) is 0 Å². The van der Waals surface area contributed by atoms with Gasteiger partial charge in [-0.2, -0.15) is 0 Å². The first-order valence-electron chi connectivity index (χ1n) is 4.85. The van der Waals surface area contributed by atoms with E-state index in [1.807, 2.05) is 20.8 Å². The predicted molar refractivity (Wildman–Crippen MR) is 51.1 cm³/mol. The molecule has 0 saturated heterocycles. The van der Waals surface area contributed by atoms with E-state index in [1.165, 1.54) is 0 Å². The van der Waals surface area contributed by atoms with Crippen molar-refractivity contribution in [3.05, 3.63) is 0 Å².